The van der Waals surface area contributed by atoms with Gasteiger partial charge >= 0.3 is 0 Å². The van der Waals surface area contributed by atoms with E-state index in [1.54, 1.807) is 24.3 Å². The Bertz CT molecular complexity index is 1040. The molecule has 0 radical (unpaired) electrons. The lowest BCUT2D eigenvalue weighted by molar-refractivity contribution is 0.102. The van der Waals surface area contributed by atoms with Crippen LogP contribution in [0.3, 0.4) is 0 Å². The van der Waals surface area contributed by atoms with E-state index in [0.29, 0.717) is 48.0 Å². The maximum atomic E-state index is 13.1. The summed E-state index contributed by atoms with van der Waals surface area (Å²) in [5, 5.41) is 2.79. The number of sulfonamides is 1. The molecule has 154 valence electrons. The predicted octanol–water partition coefficient (Wildman–Crippen LogP) is 3.65. The van der Waals surface area contributed by atoms with Gasteiger partial charge in [-0.25, -0.2) is 8.42 Å². The average Bonchev–Trinajstić information content (AvgIpc) is 2.75. The minimum atomic E-state index is -3.74. The van der Waals surface area contributed by atoms with Gasteiger partial charge in [-0.15, -0.1) is 0 Å². The van der Waals surface area contributed by atoms with Crippen LogP contribution in [0.4, 0.5) is 5.69 Å². The Hall–Kier alpha value is -2.10. The molecule has 0 aromatic heterocycles. The molecule has 2 aromatic carbocycles. The molecule has 0 spiro atoms. The summed E-state index contributed by atoms with van der Waals surface area (Å²) in [6.45, 7) is 1.85. The van der Waals surface area contributed by atoms with Crippen LogP contribution < -0.4 is 14.8 Å². The number of halogens is 1. The van der Waals surface area contributed by atoms with Gasteiger partial charge < -0.3 is 14.8 Å². The quantitative estimate of drug-likeness (QED) is 0.721. The lowest BCUT2D eigenvalue weighted by Gasteiger charge is -2.26. The summed E-state index contributed by atoms with van der Waals surface area (Å²) in [7, 11) is -3.74. The lowest BCUT2D eigenvalue weighted by atomic mass is 10.2. The number of anilines is 1. The van der Waals surface area contributed by atoms with Gasteiger partial charge in [0.05, 0.1) is 16.1 Å². The highest BCUT2D eigenvalue weighted by Gasteiger charge is 2.30. The highest BCUT2D eigenvalue weighted by atomic mass is 79.9. The number of piperidine rings is 1. The molecule has 4 rings (SSSR count). The molecule has 29 heavy (non-hydrogen) atoms. The molecular weight excluding hydrogens is 460 g/mol. The first-order chi connectivity index (χ1) is 14.0. The third kappa shape index (κ3) is 4.12. The van der Waals surface area contributed by atoms with Crippen molar-refractivity contribution in [1.29, 1.82) is 0 Å². The van der Waals surface area contributed by atoms with Gasteiger partial charge in [-0.3, -0.25) is 4.79 Å². The van der Waals surface area contributed by atoms with Gasteiger partial charge in [-0.1, -0.05) is 18.6 Å². The van der Waals surface area contributed by atoms with Crippen molar-refractivity contribution in [3.05, 3.63) is 46.4 Å². The van der Waals surface area contributed by atoms with Gasteiger partial charge in [0.2, 0.25) is 10.0 Å². The molecule has 1 N–H and O–H groups in total. The van der Waals surface area contributed by atoms with Crippen LogP contribution in [0.15, 0.2) is 45.8 Å². The van der Waals surface area contributed by atoms with Crippen LogP contribution >= 0.6 is 15.9 Å². The molecule has 0 aliphatic carbocycles. The number of fused-ring (bicyclic) bond motifs is 1. The SMILES string of the molecule is O=C(Nc1cc2c(cc1Br)OCCO2)c1ccccc1S(=O)(=O)N1CCCCC1. The number of rotatable bonds is 4. The Morgan fingerprint density at radius 2 is 1.66 bits per heavy atom. The van der Waals surface area contributed by atoms with E-state index in [0.717, 1.165) is 19.3 Å². The van der Waals surface area contributed by atoms with Crippen LogP contribution in [0, 0.1) is 0 Å². The van der Waals surface area contributed by atoms with Crippen LogP contribution in [0.2, 0.25) is 0 Å². The Labute approximate surface area is 178 Å². The molecule has 2 aliphatic rings. The van der Waals surface area contributed by atoms with Crippen molar-refractivity contribution < 1.29 is 22.7 Å². The van der Waals surface area contributed by atoms with Crippen LogP contribution in [-0.4, -0.2) is 44.9 Å². The molecule has 1 saturated heterocycles. The maximum absolute atomic E-state index is 13.1. The van der Waals surface area contributed by atoms with Gasteiger partial charge in [-0.2, -0.15) is 4.31 Å². The third-order valence-electron chi connectivity index (χ3n) is 4.94. The van der Waals surface area contributed by atoms with E-state index in [2.05, 4.69) is 21.2 Å². The molecule has 0 bridgehead atoms. The molecule has 0 atom stereocenters. The fourth-order valence-electron chi connectivity index (χ4n) is 3.47. The highest BCUT2D eigenvalue weighted by Crippen LogP contribution is 2.38. The average molecular weight is 481 g/mol. The van der Waals surface area contributed by atoms with E-state index in [4.69, 9.17) is 9.47 Å². The van der Waals surface area contributed by atoms with E-state index in [-0.39, 0.29) is 10.5 Å². The summed E-state index contributed by atoms with van der Waals surface area (Å²) < 4.78 is 39.4. The van der Waals surface area contributed by atoms with Gasteiger partial charge in [0.1, 0.15) is 13.2 Å². The minimum absolute atomic E-state index is 0.0214. The van der Waals surface area contributed by atoms with Gasteiger partial charge in [0, 0.05) is 29.7 Å². The molecular formula is C20H21BrN2O5S. The number of nitrogens with one attached hydrogen (secondary N) is 1. The number of ether oxygens (including phenoxy) is 2. The summed E-state index contributed by atoms with van der Waals surface area (Å²) >= 11 is 3.42. The van der Waals surface area contributed by atoms with Crippen LogP contribution in [0.25, 0.3) is 0 Å². The van der Waals surface area contributed by atoms with Crippen LogP contribution in [0.1, 0.15) is 29.6 Å². The first-order valence-electron chi connectivity index (χ1n) is 9.46. The van der Waals surface area contributed by atoms with Gasteiger partial charge in [0.25, 0.3) is 5.91 Å². The lowest BCUT2D eigenvalue weighted by Crippen LogP contribution is -2.36. The number of amides is 1. The molecule has 2 aliphatic heterocycles. The topological polar surface area (TPSA) is 84.9 Å². The Morgan fingerprint density at radius 1 is 1.00 bits per heavy atom. The van der Waals surface area contributed by atoms with Crippen molar-refractivity contribution in [2.45, 2.75) is 24.2 Å². The monoisotopic (exact) mass is 480 g/mol. The van der Waals surface area contributed by atoms with Crippen molar-refractivity contribution >= 4 is 37.5 Å². The minimum Gasteiger partial charge on any atom is -0.486 e. The zero-order valence-corrected chi connectivity index (χ0v) is 18.1. The largest absolute Gasteiger partial charge is 0.486 e. The number of carbonyl (C=O) groups excluding carboxylic acids is 1. The number of benzene rings is 2. The van der Waals surface area contributed by atoms with Crippen molar-refractivity contribution in [3.63, 3.8) is 0 Å². The molecule has 2 aromatic rings. The second-order valence-electron chi connectivity index (χ2n) is 6.89. The van der Waals surface area contributed by atoms with E-state index in [9.17, 15) is 13.2 Å². The van der Waals surface area contributed by atoms with E-state index in [1.807, 2.05) is 0 Å². The van der Waals surface area contributed by atoms with Crippen LogP contribution in [0.5, 0.6) is 11.5 Å². The Kier molecular flexibility index (Phi) is 5.80. The third-order valence-corrected chi connectivity index (χ3v) is 7.56. The fraction of sp³-hybridized carbons (Fsp3) is 0.350. The Balaban J connectivity index is 1.63. The number of hydrogen-bond acceptors (Lipinski definition) is 5. The van der Waals surface area contributed by atoms with Crippen LogP contribution in [-0.2, 0) is 10.0 Å². The highest BCUT2D eigenvalue weighted by molar-refractivity contribution is 9.10. The number of nitrogens with zero attached hydrogens (tertiary/aromatic N) is 1. The normalized spacial score (nSPS) is 17.0. The summed E-state index contributed by atoms with van der Waals surface area (Å²) in [6.07, 6.45) is 2.68. The maximum Gasteiger partial charge on any atom is 0.257 e. The van der Waals surface area contributed by atoms with Gasteiger partial charge in [0.15, 0.2) is 11.5 Å². The summed E-state index contributed by atoms with van der Waals surface area (Å²) in [5.41, 5.74) is 0.587. The summed E-state index contributed by atoms with van der Waals surface area (Å²) in [5.74, 6) is 0.622. The summed E-state index contributed by atoms with van der Waals surface area (Å²) in [6, 6.07) is 9.69. The predicted molar refractivity (Wildman–Crippen MR) is 112 cm³/mol. The smallest absolute Gasteiger partial charge is 0.257 e. The summed E-state index contributed by atoms with van der Waals surface area (Å²) in [4.78, 5) is 13.0. The first-order valence-corrected chi connectivity index (χ1v) is 11.7. The molecule has 0 saturated carbocycles. The zero-order chi connectivity index (χ0) is 20.4. The van der Waals surface area contributed by atoms with E-state index in [1.165, 1.54) is 16.4 Å². The molecule has 0 unspecified atom stereocenters. The number of hydrogen-bond donors (Lipinski definition) is 1. The Morgan fingerprint density at radius 3 is 2.38 bits per heavy atom. The van der Waals surface area contributed by atoms with Crippen molar-refractivity contribution in [3.8, 4) is 11.5 Å². The standard InChI is InChI=1S/C20H21BrN2O5S/c21-15-12-17-18(28-11-10-27-17)13-16(15)22-20(24)14-6-2-3-7-19(14)29(25,26)23-8-4-1-5-9-23/h2-3,6-7,12-13H,1,4-5,8-11H2,(H,22,24). The van der Waals surface area contributed by atoms with Gasteiger partial charge in [-0.05, 0) is 40.9 Å². The molecule has 2 heterocycles. The molecule has 7 nitrogen and oxygen atoms in total. The van der Waals surface area contributed by atoms with Crippen molar-refractivity contribution in [2.75, 3.05) is 31.6 Å². The zero-order valence-electron chi connectivity index (χ0n) is 15.7. The van der Waals surface area contributed by atoms with E-state index < -0.39 is 15.9 Å². The molecule has 1 fully saturated rings. The second-order valence-corrected chi connectivity index (χ2v) is 9.65. The fourth-order valence-corrected chi connectivity index (χ4v) is 5.60. The molecule has 9 heteroatoms. The second kappa shape index (κ2) is 8.33. The van der Waals surface area contributed by atoms with Crippen molar-refractivity contribution in [1.82, 2.24) is 4.31 Å². The van der Waals surface area contributed by atoms with E-state index >= 15 is 0 Å². The molecule has 1 amide bonds. The first kappa shape index (κ1) is 20.2. The van der Waals surface area contributed by atoms with Crippen molar-refractivity contribution in [2.24, 2.45) is 0 Å². The number of carbonyl (C=O) groups is 1.